The van der Waals surface area contributed by atoms with Crippen molar-refractivity contribution in [2.75, 3.05) is 18.8 Å². The minimum absolute atomic E-state index is 0.673. The van der Waals surface area contributed by atoms with Crippen molar-refractivity contribution < 1.29 is 4.42 Å². The lowest BCUT2D eigenvalue weighted by atomic mass is 9.77. The largest absolute Gasteiger partial charge is 0.439 e. The van der Waals surface area contributed by atoms with Gasteiger partial charge >= 0.3 is 0 Å². The normalized spacial score (nSPS) is 22.3. The smallest absolute Gasteiger partial charge is 0.209 e. The van der Waals surface area contributed by atoms with Gasteiger partial charge < -0.3 is 10.2 Å². The topological polar surface area (TPSA) is 55.3 Å². The van der Waals surface area contributed by atoms with E-state index in [9.17, 15) is 0 Å². The van der Waals surface area contributed by atoms with Crippen LogP contribution in [0.3, 0.4) is 0 Å². The minimum Gasteiger partial charge on any atom is -0.439 e. The van der Waals surface area contributed by atoms with E-state index in [0.717, 1.165) is 29.2 Å². The number of hydrogen-bond donors (Lipinski definition) is 1. The summed E-state index contributed by atoms with van der Waals surface area (Å²) in [6, 6.07) is 5.65. The Hall–Kier alpha value is -1.55. The van der Waals surface area contributed by atoms with Gasteiger partial charge in [0, 0.05) is 5.69 Å². The van der Waals surface area contributed by atoms with E-state index in [1.54, 1.807) is 0 Å². The van der Waals surface area contributed by atoms with Gasteiger partial charge in [0.25, 0.3) is 0 Å². The van der Waals surface area contributed by atoms with Gasteiger partial charge in [-0.05, 0) is 62.4 Å². The average Bonchev–Trinajstić information content (AvgIpc) is 3.08. The molecule has 1 saturated heterocycles. The highest BCUT2D eigenvalue weighted by Crippen LogP contribution is 2.46. The molecule has 0 amide bonds. The molecule has 112 valence electrons. The highest BCUT2D eigenvalue weighted by molar-refractivity contribution is 5.76. The summed E-state index contributed by atoms with van der Waals surface area (Å²) in [5, 5.41) is 0. The van der Waals surface area contributed by atoms with Crippen molar-refractivity contribution in [1.82, 2.24) is 9.88 Å². The summed E-state index contributed by atoms with van der Waals surface area (Å²) in [5.74, 6) is 0.818. The number of nitrogens with zero attached hydrogens (tertiary/aromatic N) is 2. The van der Waals surface area contributed by atoms with Gasteiger partial charge in [0.05, 0.1) is 6.54 Å². The lowest BCUT2D eigenvalue weighted by Gasteiger charge is -2.38. The van der Waals surface area contributed by atoms with Gasteiger partial charge in [-0.3, -0.25) is 4.90 Å². The Morgan fingerprint density at radius 2 is 1.90 bits per heavy atom. The number of fused-ring (bicyclic) bond motifs is 1. The molecule has 4 nitrogen and oxygen atoms in total. The van der Waals surface area contributed by atoms with Crippen LogP contribution in [0, 0.1) is 5.41 Å². The maximum absolute atomic E-state index is 5.83. The molecule has 0 atom stereocenters. The Morgan fingerprint density at radius 3 is 2.67 bits per heavy atom. The van der Waals surface area contributed by atoms with Crippen molar-refractivity contribution in [2.24, 2.45) is 5.41 Å². The maximum atomic E-state index is 5.83. The molecule has 0 radical (unpaired) electrons. The number of nitrogens with two attached hydrogens (primary N) is 1. The predicted molar refractivity (Wildman–Crippen MR) is 83.8 cm³/mol. The fourth-order valence-corrected chi connectivity index (χ4v) is 4.06. The summed E-state index contributed by atoms with van der Waals surface area (Å²) in [6.07, 6.45) is 8.46. The van der Waals surface area contributed by atoms with Crippen molar-refractivity contribution in [3.63, 3.8) is 0 Å². The lowest BCUT2D eigenvalue weighted by Crippen LogP contribution is -2.38. The number of likely N-dealkylation sites (tertiary alicyclic amines) is 1. The van der Waals surface area contributed by atoms with Crippen LogP contribution in [0.2, 0.25) is 0 Å². The van der Waals surface area contributed by atoms with E-state index in [4.69, 9.17) is 10.2 Å². The van der Waals surface area contributed by atoms with Crippen LogP contribution in [-0.2, 0) is 6.54 Å². The fourth-order valence-electron chi connectivity index (χ4n) is 4.06. The van der Waals surface area contributed by atoms with Gasteiger partial charge in [-0.2, -0.15) is 0 Å². The first kappa shape index (κ1) is 13.1. The third kappa shape index (κ3) is 2.53. The molecular weight excluding hydrogens is 262 g/mol. The van der Waals surface area contributed by atoms with Gasteiger partial charge in [-0.1, -0.05) is 12.8 Å². The molecule has 2 aromatic rings. The highest BCUT2D eigenvalue weighted by Gasteiger charge is 2.36. The quantitative estimate of drug-likeness (QED) is 0.857. The Bertz CT molecular complexity index is 633. The number of aromatic nitrogens is 1. The first-order valence-corrected chi connectivity index (χ1v) is 8.10. The Morgan fingerprint density at radius 1 is 1.14 bits per heavy atom. The van der Waals surface area contributed by atoms with E-state index in [2.05, 4.69) is 9.88 Å². The second-order valence-corrected chi connectivity index (χ2v) is 6.82. The molecule has 2 aliphatic rings. The van der Waals surface area contributed by atoms with Crippen LogP contribution in [0.15, 0.2) is 22.6 Å². The first-order valence-electron chi connectivity index (χ1n) is 8.10. The van der Waals surface area contributed by atoms with Crippen LogP contribution in [0.1, 0.15) is 44.4 Å². The van der Waals surface area contributed by atoms with Crippen LogP contribution in [0.25, 0.3) is 11.1 Å². The second-order valence-electron chi connectivity index (χ2n) is 6.82. The van der Waals surface area contributed by atoms with E-state index in [0.29, 0.717) is 5.41 Å². The van der Waals surface area contributed by atoms with Crippen LogP contribution >= 0.6 is 0 Å². The zero-order valence-electron chi connectivity index (χ0n) is 12.5. The summed E-state index contributed by atoms with van der Waals surface area (Å²) in [4.78, 5) is 7.05. The number of piperidine rings is 1. The molecule has 0 bridgehead atoms. The molecule has 4 heteroatoms. The van der Waals surface area contributed by atoms with E-state index in [1.165, 1.54) is 51.6 Å². The highest BCUT2D eigenvalue weighted by atomic mass is 16.3. The number of benzene rings is 1. The second kappa shape index (κ2) is 5.02. The van der Waals surface area contributed by atoms with E-state index in [-0.39, 0.29) is 0 Å². The summed E-state index contributed by atoms with van der Waals surface area (Å²) in [5.41, 5.74) is 8.91. The summed E-state index contributed by atoms with van der Waals surface area (Å²) in [7, 11) is 0. The lowest BCUT2D eigenvalue weighted by molar-refractivity contribution is 0.0973. The summed E-state index contributed by atoms with van der Waals surface area (Å²) >= 11 is 0. The third-order valence-corrected chi connectivity index (χ3v) is 5.40. The summed E-state index contributed by atoms with van der Waals surface area (Å²) < 4.78 is 5.83. The molecule has 2 fully saturated rings. The predicted octanol–water partition coefficient (Wildman–Crippen LogP) is 3.57. The van der Waals surface area contributed by atoms with Gasteiger partial charge in [0.2, 0.25) is 5.89 Å². The molecule has 1 aromatic heterocycles. The maximum Gasteiger partial charge on any atom is 0.209 e. The van der Waals surface area contributed by atoms with Crippen molar-refractivity contribution in [3.05, 3.63) is 24.1 Å². The molecule has 1 spiro atoms. The number of oxazole rings is 1. The Balaban J connectivity index is 1.43. The minimum atomic E-state index is 0.673. The summed E-state index contributed by atoms with van der Waals surface area (Å²) in [6.45, 7) is 3.19. The molecule has 1 aliphatic carbocycles. The van der Waals surface area contributed by atoms with Gasteiger partial charge in [0.1, 0.15) is 5.52 Å². The molecule has 21 heavy (non-hydrogen) atoms. The van der Waals surface area contributed by atoms with E-state index >= 15 is 0 Å². The number of rotatable bonds is 2. The molecule has 1 aromatic carbocycles. The van der Waals surface area contributed by atoms with Gasteiger partial charge in [-0.25, -0.2) is 4.98 Å². The van der Waals surface area contributed by atoms with E-state index < -0.39 is 0 Å². The van der Waals surface area contributed by atoms with Crippen molar-refractivity contribution in [1.29, 1.82) is 0 Å². The SMILES string of the molecule is Nc1ccc2oc(CN3CCC4(CCCC4)CC3)nc2c1. The number of hydrogen-bond acceptors (Lipinski definition) is 4. The Labute approximate surface area is 125 Å². The fraction of sp³-hybridized carbons (Fsp3) is 0.588. The number of nitrogen functional groups attached to an aromatic ring is 1. The molecule has 0 unspecified atom stereocenters. The molecule has 1 saturated carbocycles. The standard InChI is InChI=1S/C17H23N3O/c18-13-3-4-15-14(11-13)19-16(21-15)12-20-9-7-17(8-10-20)5-1-2-6-17/h3-4,11H,1-2,5-10,12,18H2. The Kier molecular flexibility index (Phi) is 3.14. The van der Waals surface area contributed by atoms with Crippen LogP contribution in [0.4, 0.5) is 5.69 Å². The van der Waals surface area contributed by atoms with Gasteiger partial charge in [-0.15, -0.1) is 0 Å². The number of anilines is 1. The van der Waals surface area contributed by atoms with Gasteiger partial charge in [0.15, 0.2) is 5.58 Å². The molecular formula is C17H23N3O. The van der Waals surface area contributed by atoms with Crippen LogP contribution in [-0.4, -0.2) is 23.0 Å². The molecule has 2 N–H and O–H groups in total. The average molecular weight is 285 g/mol. The van der Waals surface area contributed by atoms with Crippen molar-refractivity contribution >= 4 is 16.8 Å². The molecule has 2 heterocycles. The molecule has 4 rings (SSSR count). The van der Waals surface area contributed by atoms with Crippen LogP contribution < -0.4 is 5.73 Å². The zero-order chi connectivity index (χ0) is 14.3. The van der Waals surface area contributed by atoms with Crippen molar-refractivity contribution in [3.8, 4) is 0 Å². The van der Waals surface area contributed by atoms with Crippen molar-refractivity contribution in [2.45, 2.75) is 45.1 Å². The van der Waals surface area contributed by atoms with E-state index in [1.807, 2.05) is 18.2 Å². The first-order chi connectivity index (χ1) is 10.2. The molecule has 1 aliphatic heterocycles. The monoisotopic (exact) mass is 285 g/mol. The van der Waals surface area contributed by atoms with Crippen LogP contribution in [0.5, 0.6) is 0 Å². The third-order valence-electron chi connectivity index (χ3n) is 5.40. The zero-order valence-corrected chi connectivity index (χ0v) is 12.5.